The molecule has 1 aliphatic rings. The van der Waals surface area contributed by atoms with Gasteiger partial charge in [-0.05, 0) is 38.5 Å². The van der Waals surface area contributed by atoms with Crippen molar-refractivity contribution in [3.63, 3.8) is 0 Å². The average Bonchev–Trinajstić information content (AvgIpc) is 3.17. The zero-order valence-corrected chi connectivity index (χ0v) is 19.1. The first kappa shape index (κ1) is 21.6. The van der Waals surface area contributed by atoms with Crippen molar-refractivity contribution < 1.29 is 14.6 Å². The quantitative estimate of drug-likeness (QED) is 0.468. The number of nitrogens with one attached hydrogen (secondary N) is 1. The second-order valence-corrected chi connectivity index (χ2v) is 8.23. The fourth-order valence-corrected chi connectivity index (χ4v) is 4.24. The first-order valence-electron chi connectivity index (χ1n) is 11.1. The third kappa shape index (κ3) is 3.85. The fourth-order valence-electron chi connectivity index (χ4n) is 4.24. The standard InChI is InChI=1S/C25H24N6O3/c1-4-34-21-11-17(9-10-20(21)32)18-12-22(33)28-24-23(18)15(3)30-31(24)25-27-19(13-26-29-25)16-7-5-14(2)6-8-16/h5-11,13,18,32H,4,12H2,1-3H3,(H,28,33). The molecule has 9 nitrogen and oxygen atoms in total. The molecule has 3 heterocycles. The highest BCUT2D eigenvalue weighted by Crippen LogP contribution is 2.42. The first-order chi connectivity index (χ1) is 16.4. The van der Waals surface area contributed by atoms with Gasteiger partial charge in [0.2, 0.25) is 5.91 Å². The van der Waals surface area contributed by atoms with Gasteiger partial charge in [-0.3, -0.25) is 4.79 Å². The average molecular weight is 457 g/mol. The molecule has 0 spiro atoms. The highest BCUT2D eigenvalue weighted by Gasteiger charge is 2.33. The summed E-state index contributed by atoms with van der Waals surface area (Å²) in [6.45, 7) is 6.19. The molecule has 0 bridgehead atoms. The van der Waals surface area contributed by atoms with Gasteiger partial charge >= 0.3 is 0 Å². The summed E-state index contributed by atoms with van der Waals surface area (Å²) in [6.07, 6.45) is 1.85. The number of rotatable bonds is 5. The highest BCUT2D eigenvalue weighted by atomic mass is 16.5. The van der Waals surface area contributed by atoms with Crippen LogP contribution in [-0.4, -0.2) is 42.6 Å². The summed E-state index contributed by atoms with van der Waals surface area (Å²) >= 11 is 0. The molecular weight excluding hydrogens is 432 g/mol. The van der Waals surface area contributed by atoms with Crippen molar-refractivity contribution in [1.82, 2.24) is 25.0 Å². The Morgan fingerprint density at radius 2 is 1.97 bits per heavy atom. The molecule has 0 aliphatic carbocycles. The summed E-state index contributed by atoms with van der Waals surface area (Å²) in [5.41, 5.74) is 5.19. The van der Waals surface area contributed by atoms with Crippen LogP contribution in [0.4, 0.5) is 5.82 Å². The maximum Gasteiger partial charge on any atom is 0.272 e. The Kier molecular flexibility index (Phi) is 5.45. The number of benzene rings is 2. The van der Waals surface area contributed by atoms with Crippen molar-refractivity contribution >= 4 is 11.7 Å². The van der Waals surface area contributed by atoms with E-state index in [1.54, 1.807) is 24.4 Å². The normalized spacial score (nSPS) is 15.0. The molecule has 34 heavy (non-hydrogen) atoms. The van der Waals surface area contributed by atoms with E-state index < -0.39 is 0 Å². The van der Waals surface area contributed by atoms with Crippen LogP contribution in [0.5, 0.6) is 11.5 Å². The van der Waals surface area contributed by atoms with E-state index in [0.717, 1.165) is 27.9 Å². The summed E-state index contributed by atoms with van der Waals surface area (Å²) in [5, 5.41) is 26.0. The van der Waals surface area contributed by atoms with Crippen LogP contribution in [0.15, 0.2) is 48.7 Å². The largest absolute Gasteiger partial charge is 0.504 e. The lowest BCUT2D eigenvalue weighted by Gasteiger charge is -2.24. The van der Waals surface area contributed by atoms with E-state index in [1.807, 2.05) is 45.0 Å². The monoisotopic (exact) mass is 456 g/mol. The number of nitrogens with zero attached hydrogens (tertiary/aromatic N) is 5. The predicted octanol–water partition coefficient (Wildman–Crippen LogP) is 3.92. The number of phenolic OH excluding ortho intramolecular Hbond substituents is 1. The van der Waals surface area contributed by atoms with E-state index in [2.05, 4.69) is 25.6 Å². The molecular formula is C25H24N6O3. The number of aryl methyl sites for hydroxylation is 2. The van der Waals surface area contributed by atoms with Gasteiger partial charge in [-0.2, -0.15) is 14.9 Å². The van der Waals surface area contributed by atoms with Gasteiger partial charge in [0.15, 0.2) is 11.5 Å². The van der Waals surface area contributed by atoms with E-state index >= 15 is 0 Å². The molecule has 0 saturated heterocycles. The minimum Gasteiger partial charge on any atom is -0.504 e. The van der Waals surface area contributed by atoms with Crippen LogP contribution in [0.2, 0.25) is 0 Å². The lowest BCUT2D eigenvalue weighted by molar-refractivity contribution is -0.116. The minimum absolute atomic E-state index is 0.0610. The van der Waals surface area contributed by atoms with Crippen LogP contribution < -0.4 is 10.1 Å². The SMILES string of the molecule is CCOc1cc(C2CC(=O)Nc3c2c(C)nn3-c2nncc(-c3ccc(C)cc3)n2)ccc1O. The lowest BCUT2D eigenvalue weighted by atomic mass is 9.85. The fraction of sp³-hybridized carbons (Fsp3) is 0.240. The molecule has 9 heteroatoms. The smallest absolute Gasteiger partial charge is 0.272 e. The molecule has 4 aromatic rings. The number of ether oxygens (including phenoxy) is 1. The van der Waals surface area contributed by atoms with Gasteiger partial charge in [0, 0.05) is 23.5 Å². The number of aromatic nitrogens is 5. The Balaban J connectivity index is 1.59. The van der Waals surface area contributed by atoms with Crippen LogP contribution in [0, 0.1) is 13.8 Å². The summed E-state index contributed by atoms with van der Waals surface area (Å²) in [6, 6.07) is 13.1. The molecule has 1 atom stereocenters. The maximum absolute atomic E-state index is 12.7. The Bertz CT molecular complexity index is 1380. The summed E-state index contributed by atoms with van der Waals surface area (Å²) in [5.74, 6) is 0.830. The topological polar surface area (TPSA) is 115 Å². The predicted molar refractivity (Wildman–Crippen MR) is 126 cm³/mol. The Hall–Kier alpha value is -4.27. The van der Waals surface area contributed by atoms with Crippen LogP contribution in [-0.2, 0) is 4.79 Å². The molecule has 5 rings (SSSR count). The van der Waals surface area contributed by atoms with Gasteiger partial charge in [0.25, 0.3) is 5.95 Å². The van der Waals surface area contributed by atoms with E-state index in [0.29, 0.717) is 23.9 Å². The molecule has 172 valence electrons. The second-order valence-electron chi connectivity index (χ2n) is 8.23. The van der Waals surface area contributed by atoms with Crippen molar-refractivity contribution in [1.29, 1.82) is 0 Å². The molecule has 1 aliphatic heterocycles. The Labute approximate surface area is 196 Å². The van der Waals surface area contributed by atoms with Crippen LogP contribution in [0.25, 0.3) is 17.2 Å². The van der Waals surface area contributed by atoms with Gasteiger partial charge in [-0.25, -0.2) is 4.98 Å². The highest BCUT2D eigenvalue weighted by molar-refractivity contribution is 5.95. The molecule has 1 amide bonds. The Morgan fingerprint density at radius 3 is 2.74 bits per heavy atom. The van der Waals surface area contributed by atoms with Crippen molar-refractivity contribution in [2.45, 2.75) is 33.1 Å². The Morgan fingerprint density at radius 1 is 1.18 bits per heavy atom. The molecule has 0 radical (unpaired) electrons. The van der Waals surface area contributed by atoms with Crippen molar-refractivity contribution in [2.24, 2.45) is 0 Å². The molecule has 2 aromatic heterocycles. The number of anilines is 1. The van der Waals surface area contributed by atoms with Crippen LogP contribution >= 0.6 is 0 Å². The number of phenols is 1. The van der Waals surface area contributed by atoms with Gasteiger partial charge in [-0.15, -0.1) is 5.10 Å². The third-order valence-corrected chi connectivity index (χ3v) is 5.87. The van der Waals surface area contributed by atoms with Gasteiger partial charge < -0.3 is 15.2 Å². The van der Waals surface area contributed by atoms with E-state index in [9.17, 15) is 9.90 Å². The van der Waals surface area contributed by atoms with Crippen molar-refractivity contribution in [3.8, 4) is 28.7 Å². The van der Waals surface area contributed by atoms with Gasteiger partial charge in [-0.1, -0.05) is 35.9 Å². The number of hydrogen-bond acceptors (Lipinski definition) is 7. The van der Waals surface area contributed by atoms with Crippen molar-refractivity contribution in [2.75, 3.05) is 11.9 Å². The van der Waals surface area contributed by atoms with E-state index in [4.69, 9.17) is 4.74 Å². The van der Waals surface area contributed by atoms with E-state index in [-0.39, 0.29) is 29.9 Å². The van der Waals surface area contributed by atoms with Crippen LogP contribution in [0.3, 0.4) is 0 Å². The number of fused-ring (bicyclic) bond motifs is 1. The molecule has 0 saturated carbocycles. The molecule has 1 unspecified atom stereocenters. The molecule has 0 fully saturated rings. The summed E-state index contributed by atoms with van der Waals surface area (Å²) < 4.78 is 7.08. The summed E-state index contributed by atoms with van der Waals surface area (Å²) in [4.78, 5) is 17.4. The molecule has 2 aromatic carbocycles. The zero-order valence-electron chi connectivity index (χ0n) is 19.1. The van der Waals surface area contributed by atoms with E-state index in [1.165, 1.54) is 4.68 Å². The maximum atomic E-state index is 12.7. The zero-order chi connectivity index (χ0) is 23.8. The molecule has 2 N–H and O–H groups in total. The summed E-state index contributed by atoms with van der Waals surface area (Å²) in [7, 11) is 0. The number of carbonyl (C=O) groups excluding carboxylic acids is 1. The number of aromatic hydroxyl groups is 1. The first-order valence-corrected chi connectivity index (χ1v) is 11.1. The number of carbonyl (C=O) groups is 1. The van der Waals surface area contributed by atoms with Gasteiger partial charge in [0.05, 0.1) is 24.2 Å². The third-order valence-electron chi connectivity index (χ3n) is 5.87. The lowest BCUT2D eigenvalue weighted by Crippen LogP contribution is -2.25. The minimum atomic E-state index is -0.259. The second kappa shape index (κ2) is 8.58. The van der Waals surface area contributed by atoms with Crippen LogP contribution in [0.1, 0.15) is 41.6 Å². The number of amides is 1. The van der Waals surface area contributed by atoms with Crippen molar-refractivity contribution in [3.05, 3.63) is 71.0 Å². The van der Waals surface area contributed by atoms with Gasteiger partial charge in [0.1, 0.15) is 5.82 Å². The number of hydrogen-bond donors (Lipinski definition) is 2.